The smallest absolute Gasteiger partial charge is 0.310 e. The summed E-state index contributed by atoms with van der Waals surface area (Å²) in [5.41, 5.74) is -1.79. The number of carbonyl (C=O) groups is 4. The average molecular weight is 464 g/mol. The van der Waals surface area contributed by atoms with Gasteiger partial charge in [-0.15, -0.1) is 0 Å². The van der Waals surface area contributed by atoms with Gasteiger partial charge in [0.05, 0.1) is 24.0 Å². The van der Waals surface area contributed by atoms with Crippen LogP contribution in [0.15, 0.2) is 12.2 Å². The molecule has 8 heteroatoms. The number of carboxylic acids is 1. The molecule has 2 fully saturated rings. The number of allylic oxidation sites excluding steroid dienone is 2. The van der Waals surface area contributed by atoms with Crippen LogP contribution in [-0.2, 0) is 23.9 Å². The number of aliphatic hydroxyl groups is 1. The van der Waals surface area contributed by atoms with E-state index in [2.05, 4.69) is 0 Å². The number of hydrogen-bond donors (Lipinski definition) is 2. The predicted molar refractivity (Wildman–Crippen MR) is 120 cm³/mol. The molecule has 3 rings (SSSR count). The van der Waals surface area contributed by atoms with Gasteiger partial charge in [0, 0.05) is 25.3 Å². The summed E-state index contributed by atoms with van der Waals surface area (Å²) in [6, 6.07) is -0.861. The van der Waals surface area contributed by atoms with E-state index in [1.54, 1.807) is 20.8 Å². The zero-order valence-corrected chi connectivity index (χ0v) is 19.9. The van der Waals surface area contributed by atoms with Gasteiger partial charge in [0.1, 0.15) is 5.60 Å². The third-order valence-electron chi connectivity index (χ3n) is 6.96. The van der Waals surface area contributed by atoms with Gasteiger partial charge >= 0.3 is 11.9 Å². The number of carboxylic acid groups (broad SMARTS) is 1. The molecule has 0 unspecified atom stereocenters. The van der Waals surface area contributed by atoms with E-state index in [0.717, 1.165) is 25.7 Å². The predicted octanol–water partition coefficient (Wildman–Crippen LogP) is 2.87. The Morgan fingerprint density at radius 3 is 2.61 bits per heavy atom. The van der Waals surface area contributed by atoms with Crippen molar-refractivity contribution < 1.29 is 34.1 Å². The maximum absolute atomic E-state index is 13.5. The summed E-state index contributed by atoms with van der Waals surface area (Å²) in [6.07, 6.45) is 7.18. The van der Waals surface area contributed by atoms with Crippen molar-refractivity contribution in [3.8, 4) is 0 Å². The quantitative estimate of drug-likeness (QED) is 0.487. The fourth-order valence-electron chi connectivity index (χ4n) is 5.12. The Hall–Kier alpha value is -2.22. The van der Waals surface area contributed by atoms with Crippen LogP contribution in [0, 0.1) is 17.3 Å². The van der Waals surface area contributed by atoms with E-state index in [-0.39, 0.29) is 43.4 Å². The van der Waals surface area contributed by atoms with Gasteiger partial charge in [0.15, 0.2) is 5.78 Å². The monoisotopic (exact) mass is 463 g/mol. The summed E-state index contributed by atoms with van der Waals surface area (Å²) in [6.45, 7) is 5.33. The number of carbonyl (C=O) groups excluding carboxylic acids is 3. The number of aliphatic carboxylic acids is 1. The lowest BCUT2D eigenvalue weighted by molar-refractivity contribution is -0.159. The SMILES string of the molecule is CC(C)(C)OC(=O)C[C@H]1CCCCC/C=C\[C@@H]2C[C@@]2(C(=O)O)CC(=O)[C@@H]2C[C@@H](O)CN2C1=O. The van der Waals surface area contributed by atoms with Crippen molar-refractivity contribution in [2.24, 2.45) is 17.3 Å². The number of hydrogen-bond acceptors (Lipinski definition) is 6. The van der Waals surface area contributed by atoms with Crippen LogP contribution in [0.4, 0.5) is 0 Å². The molecule has 1 aliphatic carbocycles. The van der Waals surface area contributed by atoms with E-state index in [1.165, 1.54) is 4.90 Å². The van der Waals surface area contributed by atoms with Crippen molar-refractivity contribution >= 4 is 23.6 Å². The van der Waals surface area contributed by atoms with E-state index in [1.807, 2.05) is 12.2 Å². The maximum Gasteiger partial charge on any atom is 0.310 e. The molecule has 0 spiro atoms. The minimum atomic E-state index is -1.12. The molecule has 2 N–H and O–H groups in total. The van der Waals surface area contributed by atoms with E-state index < -0.39 is 41.0 Å². The van der Waals surface area contributed by atoms with Crippen LogP contribution in [0.1, 0.15) is 78.6 Å². The van der Waals surface area contributed by atoms with E-state index in [0.29, 0.717) is 12.8 Å². The first-order chi connectivity index (χ1) is 15.4. The summed E-state index contributed by atoms with van der Waals surface area (Å²) in [5.74, 6) is -2.93. The van der Waals surface area contributed by atoms with Crippen LogP contribution in [-0.4, -0.2) is 63.0 Å². The van der Waals surface area contributed by atoms with Crippen molar-refractivity contribution in [1.82, 2.24) is 4.90 Å². The fourth-order valence-corrected chi connectivity index (χ4v) is 5.12. The van der Waals surface area contributed by atoms with Crippen molar-refractivity contribution in [1.29, 1.82) is 0 Å². The number of ether oxygens (including phenoxy) is 1. The first-order valence-corrected chi connectivity index (χ1v) is 12.1. The van der Waals surface area contributed by atoms with Crippen LogP contribution in [0.25, 0.3) is 0 Å². The number of fused-ring (bicyclic) bond motifs is 2. The molecule has 0 aromatic carbocycles. The molecule has 0 radical (unpaired) electrons. The molecule has 5 atom stereocenters. The molecule has 1 amide bonds. The van der Waals surface area contributed by atoms with Crippen LogP contribution in [0.2, 0.25) is 0 Å². The second-order valence-corrected chi connectivity index (χ2v) is 10.9. The van der Waals surface area contributed by atoms with Gasteiger partial charge in [0.25, 0.3) is 0 Å². The molecule has 8 nitrogen and oxygen atoms in total. The molecule has 1 saturated carbocycles. The number of nitrogens with zero attached hydrogens (tertiary/aromatic N) is 1. The van der Waals surface area contributed by atoms with Crippen molar-refractivity contribution in [2.45, 2.75) is 96.3 Å². The number of amides is 1. The van der Waals surface area contributed by atoms with Gasteiger partial charge in [-0.3, -0.25) is 19.2 Å². The summed E-state index contributed by atoms with van der Waals surface area (Å²) in [4.78, 5) is 52.6. The molecule has 2 aliphatic heterocycles. The zero-order valence-electron chi connectivity index (χ0n) is 19.9. The molecule has 0 aromatic rings. The van der Waals surface area contributed by atoms with Crippen molar-refractivity contribution in [3.05, 3.63) is 12.2 Å². The molecule has 33 heavy (non-hydrogen) atoms. The summed E-state index contributed by atoms with van der Waals surface area (Å²) < 4.78 is 5.43. The minimum Gasteiger partial charge on any atom is -0.481 e. The number of aliphatic hydroxyl groups excluding tert-OH is 1. The van der Waals surface area contributed by atoms with Crippen LogP contribution >= 0.6 is 0 Å². The number of ketones is 1. The van der Waals surface area contributed by atoms with Gasteiger partial charge in [-0.1, -0.05) is 25.0 Å². The summed E-state index contributed by atoms with van der Waals surface area (Å²) in [5, 5.41) is 20.1. The van der Waals surface area contributed by atoms with E-state index >= 15 is 0 Å². The first-order valence-electron chi connectivity index (χ1n) is 12.1. The highest BCUT2D eigenvalue weighted by molar-refractivity contribution is 5.95. The molecule has 1 saturated heterocycles. The van der Waals surface area contributed by atoms with Gasteiger partial charge in [-0.05, 0) is 52.4 Å². The molecule has 184 valence electrons. The Balaban J connectivity index is 1.83. The standard InChI is InChI=1S/C25H37NO7/c1-24(2,3)33-21(29)11-16-9-7-5-4-6-8-10-17-13-25(17,23(31)32)14-20(28)19-12-18(27)15-26(19)22(16)30/h8,10,16-19,27H,4-7,9,11-15H2,1-3H3,(H,31,32)/b10-8-/t16-,17-,18-,19+,25-/m1/s1. The van der Waals surface area contributed by atoms with Crippen LogP contribution < -0.4 is 0 Å². The highest BCUT2D eigenvalue weighted by Crippen LogP contribution is 2.57. The minimum absolute atomic E-state index is 0.0173. The Labute approximate surface area is 195 Å². The zero-order chi connectivity index (χ0) is 24.4. The van der Waals surface area contributed by atoms with Gasteiger partial charge in [0.2, 0.25) is 5.91 Å². The normalized spacial score (nSPS) is 34.5. The number of Topliss-reactive ketones (excluding diaryl/α,β-unsaturated/α-hetero) is 1. The fraction of sp³-hybridized carbons (Fsp3) is 0.760. The van der Waals surface area contributed by atoms with Crippen LogP contribution in [0.3, 0.4) is 0 Å². The first kappa shape index (κ1) is 25.4. The Kier molecular flexibility index (Phi) is 7.66. The highest BCUT2D eigenvalue weighted by Gasteiger charge is 2.61. The number of rotatable bonds is 3. The lowest BCUT2D eigenvalue weighted by Gasteiger charge is -2.29. The van der Waals surface area contributed by atoms with Gasteiger partial charge in [-0.25, -0.2) is 0 Å². The lowest BCUT2D eigenvalue weighted by Crippen LogP contribution is -2.45. The van der Waals surface area contributed by atoms with Crippen LogP contribution in [0.5, 0.6) is 0 Å². The second-order valence-electron chi connectivity index (χ2n) is 10.9. The van der Waals surface area contributed by atoms with Crippen molar-refractivity contribution in [2.75, 3.05) is 6.54 Å². The van der Waals surface area contributed by atoms with Gasteiger partial charge in [-0.2, -0.15) is 0 Å². The maximum atomic E-state index is 13.5. The summed E-state index contributed by atoms with van der Waals surface area (Å²) >= 11 is 0. The Bertz CT molecular complexity index is 814. The third-order valence-corrected chi connectivity index (χ3v) is 6.96. The Morgan fingerprint density at radius 1 is 1.21 bits per heavy atom. The largest absolute Gasteiger partial charge is 0.481 e. The van der Waals surface area contributed by atoms with Crippen molar-refractivity contribution in [3.63, 3.8) is 0 Å². The molecular weight excluding hydrogens is 426 g/mol. The molecular formula is C25H37NO7. The Morgan fingerprint density at radius 2 is 1.94 bits per heavy atom. The van der Waals surface area contributed by atoms with Gasteiger partial charge < -0.3 is 19.8 Å². The topological polar surface area (TPSA) is 121 Å². The average Bonchev–Trinajstić information content (AvgIpc) is 3.25. The molecule has 0 bridgehead atoms. The highest BCUT2D eigenvalue weighted by atomic mass is 16.6. The molecule has 3 aliphatic rings. The molecule has 2 heterocycles. The lowest BCUT2D eigenvalue weighted by atomic mass is 9.91. The van der Waals surface area contributed by atoms with E-state index in [9.17, 15) is 29.4 Å². The number of esters is 1. The van der Waals surface area contributed by atoms with E-state index in [4.69, 9.17) is 4.74 Å². The molecule has 0 aromatic heterocycles. The summed E-state index contributed by atoms with van der Waals surface area (Å²) in [7, 11) is 0. The second kappa shape index (κ2) is 9.95. The third kappa shape index (κ3) is 6.22.